The van der Waals surface area contributed by atoms with E-state index in [-0.39, 0.29) is 0 Å². The SMILES string of the molecule is CCCCCCCCn1c2ccccc2c2ccccc21.Fc1c(F)c(F)c2c(c1F)NC(F)(F)C(F)(F)N2F. The zero-order chi connectivity index (χ0) is 29.2. The Morgan fingerprint density at radius 2 is 1.18 bits per heavy atom. The van der Waals surface area contributed by atoms with E-state index >= 15 is 0 Å². The average Bonchev–Trinajstić information content (AvgIpc) is 3.25. The van der Waals surface area contributed by atoms with E-state index in [1.165, 1.54) is 60.3 Å². The molecule has 3 aromatic carbocycles. The fourth-order valence-electron chi connectivity index (χ4n) is 4.71. The highest BCUT2D eigenvalue weighted by atomic mass is 19.3. The molecule has 4 aromatic rings. The standard InChI is InChI=1S/C20H25N.C8HF9N2/c1-2-3-4-5-6-11-16-21-19-14-9-7-12-17(19)18-13-8-10-15-20(18)21;9-1-2(10)4(12)6-5(3(1)11)18-7(13,14)8(15,16)19(6)17/h7-10,12-15H,2-6,11,16H2,1H3;18H. The first-order valence-corrected chi connectivity index (χ1v) is 12.8. The molecule has 0 amide bonds. The number of nitrogens with one attached hydrogen (secondary N) is 1. The Labute approximate surface area is 224 Å². The normalized spacial score (nSPS) is 15.5. The van der Waals surface area contributed by atoms with E-state index in [1.807, 2.05) is 0 Å². The summed E-state index contributed by atoms with van der Waals surface area (Å²) in [5, 5.41) is 1.07. The highest BCUT2D eigenvalue weighted by Gasteiger charge is 2.67. The lowest BCUT2D eigenvalue weighted by molar-refractivity contribution is -0.212. The summed E-state index contributed by atoms with van der Waals surface area (Å²) in [6.07, 6.45) is 8.12. The van der Waals surface area contributed by atoms with Crippen LogP contribution in [0.15, 0.2) is 48.5 Å². The van der Waals surface area contributed by atoms with Gasteiger partial charge in [-0.3, -0.25) is 0 Å². The van der Waals surface area contributed by atoms with Gasteiger partial charge < -0.3 is 9.88 Å². The van der Waals surface area contributed by atoms with Gasteiger partial charge in [-0.1, -0.05) is 79.9 Å². The van der Waals surface area contributed by atoms with Crippen LogP contribution in [0.2, 0.25) is 0 Å². The van der Waals surface area contributed by atoms with Gasteiger partial charge in [0.2, 0.25) is 0 Å². The van der Waals surface area contributed by atoms with E-state index in [2.05, 4.69) is 60.0 Å². The van der Waals surface area contributed by atoms with Crippen LogP contribution in [0.5, 0.6) is 0 Å². The van der Waals surface area contributed by atoms with Crippen molar-refractivity contribution in [3.05, 3.63) is 71.8 Å². The Hall–Kier alpha value is -3.57. The Morgan fingerprint density at radius 3 is 1.75 bits per heavy atom. The van der Waals surface area contributed by atoms with Gasteiger partial charge in [0.1, 0.15) is 11.4 Å². The molecule has 0 aliphatic carbocycles. The van der Waals surface area contributed by atoms with Gasteiger partial charge in [0.25, 0.3) is 0 Å². The first-order valence-electron chi connectivity index (χ1n) is 12.8. The molecule has 0 fully saturated rings. The average molecular weight is 576 g/mol. The summed E-state index contributed by atoms with van der Waals surface area (Å²) in [5.41, 5.74) is -1.37. The van der Waals surface area contributed by atoms with Crippen LogP contribution < -0.4 is 10.4 Å². The lowest BCUT2D eigenvalue weighted by atomic mass is 10.1. The third-order valence-corrected chi connectivity index (χ3v) is 6.76. The lowest BCUT2D eigenvalue weighted by Gasteiger charge is -2.37. The Bertz CT molecular complexity index is 1450. The number of aromatic nitrogens is 1. The summed E-state index contributed by atoms with van der Waals surface area (Å²) in [5.74, 6) is -10.2. The summed E-state index contributed by atoms with van der Waals surface area (Å²) >= 11 is 0. The summed E-state index contributed by atoms with van der Waals surface area (Å²) in [6, 6.07) is 6.60. The van der Waals surface area contributed by atoms with Crippen molar-refractivity contribution < 1.29 is 39.6 Å². The van der Waals surface area contributed by atoms with E-state index in [9.17, 15) is 39.6 Å². The smallest absolute Gasteiger partial charge is 0.340 e. The Balaban J connectivity index is 0.000000186. The lowest BCUT2D eigenvalue weighted by Crippen LogP contribution is -2.59. The van der Waals surface area contributed by atoms with Gasteiger partial charge in [-0.05, 0) is 18.6 Å². The van der Waals surface area contributed by atoms with Gasteiger partial charge in [0.05, 0.1) is 0 Å². The van der Waals surface area contributed by atoms with E-state index in [1.54, 1.807) is 0 Å². The van der Waals surface area contributed by atoms with Gasteiger partial charge in [-0.2, -0.15) is 17.6 Å². The molecule has 0 spiro atoms. The molecule has 40 heavy (non-hydrogen) atoms. The van der Waals surface area contributed by atoms with Crippen LogP contribution in [0.25, 0.3) is 21.8 Å². The number of halogens is 9. The maximum Gasteiger partial charge on any atom is 0.434 e. The molecular weight excluding hydrogens is 549 g/mol. The van der Waals surface area contributed by atoms with Gasteiger partial charge in [0.15, 0.2) is 23.3 Å². The van der Waals surface area contributed by atoms with Gasteiger partial charge in [0, 0.05) is 28.4 Å². The third-order valence-electron chi connectivity index (χ3n) is 6.76. The number of para-hydroxylation sites is 2. The molecule has 1 N–H and O–H groups in total. The first-order chi connectivity index (χ1) is 18.9. The van der Waals surface area contributed by atoms with Gasteiger partial charge >= 0.3 is 12.1 Å². The number of anilines is 2. The largest absolute Gasteiger partial charge is 0.434 e. The second-order valence-corrected chi connectivity index (χ2v) is 9.45. The van der Waals surface area contributed by atoms with E-state index in [0.717, 1.165) is 6.54 Å². The summed E-state index contributed by atoms with van der Waals surface area (Å²) in [7, 11) is 0. The van der Waals surface area contributed by atoms with Crippen molar-refractivity contribution >= 4 is 33.2 Å². The van der Waals surface area contributed by atoms with Crippen molar-refractivity contribution in [3.63, 3.8) is 0 Å². The monoisotopic (exact) mass is 575 g/mol. The number of alkyl halides is 4. The molecule has 0 unspecified atom stereocenters. The van der Waals surface area contributed by atoms with Gasteiger partial charge in [-0.15, -0.1) is 5.12 Å². The van der Waals surface area contributed by atoms with Crippen molar-refractivity contribution in [2.75, 3.05) is 10.4 Å². The molecule has 0 saturated heterocycles. The summed E-state index contributed by atoms with van der Waals surface area (Å²) < 4.78 is 119. The molecule has 216 valence electrons. The molecule has 0 bridgehead atoms. The number of nitrogens with zero attached hydrogens (tertiary/aromatic N) is 2. The van der Waals surface area contributed by atoms with Crippen LogP contribution in [0.3, 0.4) is 0 Å². The molecule has 0 saturated carbocycles. The molecule has 0 atom stereocenters. The maximum absolute atomic E-state index is 13.1. The highest BCUT2D eigenvalue weighted by molar-refractivity contribution is 6.07. The topological polar surface area (TPSA) is 20.2 Å². The number of hydrogen-bond acceptors (Lipinski definition) is 2. The molecule has 12 heteroatoms. The minimum atomic E-state index is -5.63. The molecule has 1 aliphatic heterocycles. The van der Waals surface area contributed by atoms with Crippen LogP contribution in [0.4, 0.5) is 51.0 Å². The second kappa shape index (κ2) is 11.5. The minimum absolute atomic E-state index is 0.447. The van der Waals surface area contributed by atoms with E-state index < -0.39 is 51.9 Å². The predicted octanol–water partition coefficient (Wildman–Crippen LogP) is 9.70. The number of hydrogen-bond donors (Lipinski definition) is 1. The van der Waals surface area contributed by atoms with Crippen LogP contribution in [-0.4, -0.2) is 16.7 Å². The number of unbranched alkanes of at least 4 members (excludes halogenated alkanes) is 5. The fourth-order valence-corrected chi connectivity index (χ4v) is 4.71. The van der Waals surface area contributed by atoms with E-state index in [4.69, 9.17) is 0 Å². The Kier molecular flexibility index (Phi) is 8.46. The zero-order valence-electron chi connectivity index (χ0n) is 21.4. The molecule has 1 aliphatic rings. The summed E-state index contributed by atoms with van der Waals surface area (Å²) in [6.45, 7) is 3.41. The third kappa shape index (κ3) is 5.15. The first kappa shape index (κ1) is 29.4. The second-order valence-electron chi connectivity index (χ2n) is 9.45. The van der Waals surface area contributed by atoms with Crippen molar-refractivity contribution in [2.24, 2.45) is 0 Å². The zero-order valence-corrected chi connectivity index (χ0v) is 21.4. The van der Waals surface area contributed by atoms with Gasteiger partial charge in [-0.25, -0.2) is 17.6 Å². The van der Waals surface area contributed by atoms with Crippen LogP contribution in [0, 0.1) is 23.3 Å². The predicted molar refractivity (Wildman–Crippen MR) is 136 cm³/mol. The highest BCUT2D eigenvalue weighted by Crippen LogP contribution is 2.50. The van der Waals surface area contributed by atoms with E-state index in [0.29, 0.717) is 5.32 Å². The van der Waals surface area contributed by atoms with Crippen molar-refractivity contribution in [3.8, 4) is 0 Å². The summed E-state index contributed by atoms with van der Waals surface area (Å²) in [4.78, 5) is 0. The quantitative estimate of drug-likeness (QED) is 0.0591. The Morgan fingerprint density at radius 1 is 0.675 bits per heavy atom. The molecule has 3 nitrogen and oxygen atoms in total. The van der Waals surface area contributed by atoms with Crippen molar-refractivity contribution in [1.82, 2.24) is 4.57 Å². The number of benzene rings is 3. The number of aryl methyl sites for hydroxylation is 1. The van der Waals surface area contributed by atoms with Crippen LogP contribution in [0.1, 0.15) is 45.4 Å². The molecule has 1 aromatic heterocycles. The maximum atomic E-state index is 13.1. The van der Waals surface area contributed by atoms with Crippen molar-refractivity contribution in [2.45, 2.75) is 64.1 Å². The van der Waals surface area contributed by atoms with Crippen LogP contribution in [-0.2, 0) is 6.54 Å². The number of rotatable bonds is 7. The van der Waals surface area contributed by atoms with Crippen LogP contribution >= 0.6 is 0 Å². The molecule has 5 rings (SSSR count). The number of fused-ring (bicyclic) bond motifs is 4. The minimum Gasteiger partial charge on any atom is -0.340 e. The molecule has 2 heterocycles. The fraction of sp³-hybridized carbons (Fsp3) is 0.357. The molecular formula is C28H26F9N3. The molecule has 0 radical (unpaired) electrons. The van der Waals surface area contributed by atoms with Crippen molar-refractivity contribution in [1.29, 1.82) is 0 Å².